The number of para-hydroxylation sites is 1. The van der Waals surface area contributed by atoms with Crippen LogP contribution in [0, 0.1) is 0 Å². The number of nitrogens with zero attached hydrogens (tertiary/aromatic N) is 2. The van der Waals surface area contributed by atoms with E-state index in [-0.39, 0.29) is 11.9 Å². The van der Waals surface area contributed by atoms with Crippen LogP contribution in [0.4, 0.5) is 10.5 Å². The monoisotopic (exact) mass is 379 g/mol. The SMILES string of the molecule is CC[C@]1(c2ccccc2)NC(=O)N(C[NH+]2CCN(c3ccccc3)CC2)C1=O. The van der Waals surface area contributed by atoms with Gasteiger partial charge < -0.3 is 15.1 Å². The number of amides is 3. The molecule has 3 amide bonds. The highest BCUT2D eigenvalue weighted by Crippen LogP contribution is 2.31. The summed E-state index contributed by atoms with van der Waals surface area (Å²) in [6, 6.07) is 19.6. The minimum Gasteiger partial charge on any atom is -0.360 e. The van der Waals surface area contributed by atoms with Crippen molar-refractivity contribution in [3.05, 3.63) is 66.2 Å². The molecule has 2 aromatic rings. The molecule has 2 heterocycles. The van der Waals surface area contributed by atoms with Gasteiger partial charge in [0.05, 0.1) is 26.2 Å². The molecule has 0 aliphatic carbocycles. The van der Waals surface area contributed by atoms with Gasteiger partial charge in [0.1, 0.15) is 5.54 Å². The summed E-state index contributed by atoms with van der Waals surface area (Å²) in [5.41, 5.74) is 1.14. The van der Waals surface area contributed by atoms with Crippen LogP contribution in [-0.2, 0) is 10.3 Å². The van der Waals surface area contributed by atoms with Crippen LogP contribution in [0.25, 0.3) is 0 Å². The number of hydrogen-bond acceptors (Lipinski definition) is 3. The third kappa shape index (κ3) is 3.24. The lowest BCUT2D eigenvalue weighted by Crippen LogP contribution is -3.16. The van der Waals surface area contributed by atoms with Gasteiger partial charge in [-0.3, -0.25) is 4.79 Å². The van der Waals surface area contributed by atoms with Crippen LogP contribution in [0.5, 0.6) is 0 Å². The van der Waals surface area contributed by atoms with Crippen molar-refractivity contribution in [1.29, 1.82) is 0 Å². The maximum absolute atomic E-state index is 13.2. The van der Waals surface area contributed by atoms with Crippen LogP contribution >= 0.6 is 0 Å². The summed E-state index contributed by atoms with van der Waals surface area (Å²) in [5, 5.41) is 2.97. The van der Waals surface area contributed by atoms with Gasteiger partial charge in [0, 0.05) is 5.69 Å². The fraction of sp³-hybridized carbons (Fsp3) is 0.364. The van der Waals surface area contributed by atoms with E-state index in [0.29, 0.717) is 13.1 Å². The fourth-order valence-electron chi connectivity index (χ4n) is 4.23. The summed E-state index contributed by atoms with van der Waals surface area (Å²) in [7, 11) is 0. The summed E-state index contributed by atoms with van der Waals surface area (Å²) in [6.07, 6.45) is 0.537. The Morgan fingerprint density at radius 1 is 0.964 bits per heavy atom. The quantitative estimate of drug-likeness (QED) is 0.768. The Balaban J connectivity index is 1.43. The molecule has 4 rings (SSSR count). The van der Waals surface area contributed by atoms with Crippen molar-refractivity contribution < 1.29 is 14.5 Å². The Morgan fingerprint density at radius 3 is 2.18 bits per heavy atom. The number of rotatable bonds is 5. The molecule has 2 aromatic carbocycles. The number of quaternary nitrogens is 1. The van der Waals surface area contributed by atoms with Crippen LogP contribution in [0.15, 0.2) is 60.7 Å². The molecular formula is C22H27N4O2+. The zero-order valence-electron chi connectivity index (χ0n) is 16.2. The zero-order valence-corrected chi connectivity index (χ0v) is 16.2. The Hall–Kier alpha value is -2.86. The first-order valence-corrected chi connectivity index (χ1v) is 9.97. The number of piperazine rings is 1. The van der Waals surface area contributed by atoms with Gasteiger partial charge in [0.2, 0.25) is 0 Å². The van der Waals surface area contributed by atoms with Crippen LogP contribution in [-0.4, -0.2) is 49.7 Å². The van der Waals surface area contributed by atoms with Crippen molar-refractivity contribution in [1.82, 2.24) is 10.2 Å². The highest BCUT2D eigenvalue weighted by molar-refractivity contribution is 6.07. The standard InChI is InChI=1S/C22H26N4O2/c1-2-22(18-9-5-3-6-10-18)20(27)26(21(28)23-22)17-24-13-15-25(16-14-24)19-11-7-4-8-12-19/h3-12H,2,13-17H2,1H3,(H,23,28)/p+1/t22-/m1/s1. The van der Waals surface area contributed by atoms with E-state index in [0.717, 1.165) is 31.7 Å². The largest absolute Gasteiger partial charge is 0.360 e. The zero-order chi connectivity index (χ0) is 19.6. The maximum Gasteiger partial charge on any atom is 0.329 e. The van der Waals surface area contributed by atoms with Gasteiger partial charge in [-0.25, -0.2) is 9.69 Å². The third-order valence-electron chi connectivity index (χ3n) is 5.95. The molecule has 6 heteroatoms. The van der Waals surface area contributed by atoms with E-state index in [9.17, 15) is 9.59 Å². The molecule has 0 radical (unpaired) electrons. The lowest BCUT2D eigenvalue weighted by Gasteiger charge is -2.34. The number of anilines is 1. The summed E-state index contributed by atoms with van der Waals surface area (Å²) in [5.74, 6) is -0.135. The molecule has 2 aliphatic rings. The minimum absolute atomic E-state index is 0.135. The summed E-state index contributed by atoms with van der Waals surface area (Å²) >= 11 is 0. The first kappa shape index (κ1) is 18.5. The molecule has 0 saturated carbocycles. The van der Waals surface area contributed by atoms with Gasteiger partial charge in [-0.2, -0.15) is 0 Å². The molecule has 2 N–H and O–H groups in total. The average molecular weight is 379 g/mol. The van der Waals surface area contributed by atoms with Crippen molar-refractivity contribution in [2.75, 3.05) is 37.7 Å². The first-order chi connectivity index (χ1) is 13.6. The number of carbonyl (C=O) groups excluding carboxylic acids is 2. The lowest BCUT2D eigenvalue weighted by atomic mass is 9.87. The molecule has 2 aliphatic heterocycles. The van der Waals surface area contributed by atoms with Crippen molar-refractivity contribution in [2.45, 2.75) is 18.9 Å². The van der Waals surface area contributed by atoms with E-state index in [1.807, 2.05) is 43.3 Å². The van der Waals surface area contributed by atoms with Crippen LogP contribution in [0.1, 0.15) is 18.9 Å². The summed E-state index contributed by atoms with van der Waals surface area (Å²) in [4.78, 5) is 30.9. The van der Waals surface area contributed by atoms with E-state index in [1.54, 1.807) is 0 Å². The molecule has 28 heavy (non-hydrogen) atoms. The lowest BCUT2D eigenvalue weighted by molar-refractivity contribution is -0.907. The molecular weight excluding hydrogens is 352 g/mol. The molecule has 0 aromatic heterocycles. The van der Waals surface area contributed by atoms with Gasteiger partial charge in [0.15, 0.2) is 6.67 Å². The van der Waals surface area contributed by atoms with Crippen LogP contribution in [0.3, 0.4) is 0 Å². The fourth-order valence-corrected chi connectivity index (χ4v) is 4.23. The maximum atomic E-state index is 13.2. The second kappa shape index (κ2) is 7.64. The van der Waals surface area contributed by atoms with Gasteiger partial charge in [-0.05, 0) is 24.1 Å². The molecule has 0 bridgehead atoms. The number of benzene rings is 2. The van der Waals surface area contributed by atoms with Crippen LogP contribution < -0.4 is 15.1 Å². The van der Waals surface area contributed by atoms with E-state index in [1.165, 1.54) is 15.5 Å². The van der Waals surface area contributed by atoms with Crippen molar-refractivity contribution in [3.8, 4) is 0 Å². The highest BCUT2D eigenvalue weighted by Gasteiger charge is 2.52. The van der Waals surface area contributed by atoms with Gasteiger partial charge >= 0.3 is 6.03 Å². The molecule has 0 unspecified atom stereocenters. The van der Waals surface area contributed by atoms with E-state index in [2.05, 4.69) is 34.5 Å². The topological polar surface area (TPSA) is 57.1 Å². The number of carbonyl (C=O) groups is 2. The van der Waals surface area contributed by atoms with Crippen molar-refractivity contribution >= 4 is 17.6 Å². The minimum atomic E-state index is -0.941. The molecule has 1 atom stereocenters. The van der Waals surface area contributed by atoms with Crippen molar-refractivity contribution in [2.24, 2.45) is 0 Å². The smallest absolute Gasteiger partial charge is 0.329 e. The third-order valence-corrected chi connectivity index (χ3v) is 5.95. The van der Waals surface area contributed by atoms with E-state index in [4.69, 9.17) is 0 Å². The second-order valence-corrected chi connectivity index (χ2v) is 7.52. The Bertz CT molecular complexity index is 834. The van der Waals surface area contributed by atoms with Gasteiger partial charge in [-0.15, -0.1) is 0 Å². The average Bonchev–Trinajstić information content (AvgIpc) is 3.00. The van der Waals surface area contributed by atoms with Gasteiger partial charge in [0.25, 0.3) is 5.91 Å². The van der Waals surface area contributed by atoms with Crippen molar-refractivity contribution in [3.63, 3.8) is 0 Å². The number of hydrogen-bond donors (Lipinski definition) is 2. The van der Waals surface area contributed by atoms with Crippen LogP contribution in [0.2, 0.25) is 0 Å². The Kier molecular flexibility index (Phi) is 5.05. The number of imide groups is 1. The summed E-state index contributed by atoms with van der Waals surface area (Å²) < 4.78 is 0. The predicted molar refractivity (Wildman–Crippen MR) is 108 cm³/mol. The van der Waals surface area contributed by atoms with Gasteiger partial charge in [-0.1, -0.05) is 55.5 Å². The normalized spacial score (nSPS) is 23.2. The number of nitrogens with one attached hydrogen (secondary N) is 2. The Labute approximate surface area is 165 Å². The Morgan fingerprint density at radius 2 is 1.57 bits per heavy atom. The molecule has 146 valence electrons. The molecule has 6 nitrogen and oxygen atoms in total. The molecule has 2 saturated heterocycles. The summed E-state index contributed by atoms with van der Waals surface area (Å²) in [6.45, 7) is 6.00. The predicted octanol–water partition coefficient (Wildman–Crippen LogP) is 1.21. The number of urea groups is 1. The van der Waals surface area contributed by atoms with E-state index >= 15 is 0 Å². The molecule has 2 fully saturated rings. The first-order valence-electron chi connectivity index (χ1n) is 9.97. The highest BCUT2D eigenvalue weighted by atomic mass is 16.2. The second-order valence-electron chi connectivity index (χ2n) is 7.52. The van der Waals surface area contributed by atoms with E-state index < -0.39 is 5.54 Å². The molecule has 0 spiro atoms.